The molecule has 2 aromatic rings. The quantitative estimate of drug-likeness (QED) is 0.652. The first-order chi connectivity index (χ1) is 11.2. The van der Waals surface area contributed by atoms with Crippen molar-refractivity contribution in [2.75, 3.05) is 19.4 Å². The van der Waals surface area contributed by atoms with Crippen molar-refractivity contribution >= 4 is 17.7 Å². The van der Waals surface area contributed by atoms with E-state index in [-0.39, 0.29) is 18.7 Å². The summed E-state index contributed by atoms with van der Waals surface area (Å²) in [5.41, 5.74) is 0.605. The molecule has 0 unspecified atom stereocenters. The van der Waals surface area contributed by atoms with Gasteiger partial charge in [0.1, 0.15) is 18.2 Å². The first-order valence-corrected chi connectivity index (χ1v) is 8.12. The van der Waals surface area contributed by atoms with E-state index >= 15 is 0 Å². The number of nitriles is 1. The van der Waals surface area contributed by atoms with E-state index in [1.54, 1.807) is 42.7 Å². The Bertz CT molecular complexity index is 726. The van der Waals surface area contributed by atoms with Gasteiger partial charge in [-0.2, -0.15) is 5.26 Å². The Hall–Kier alpha value is -2.52. The number of hydrogen-bond donors (Lipinski definition) is 1. The minimum Gasteiger partial charge on any atom is -0.492 e. The number of carbonyl (C=O) groups excluding carboxylic acids is 1. The molecule has 4 nitrogen and oxygen atoms in total. The molecule has 2 aromatic carbocycles. The lowest BCUT2D eigenvalue weighted by atomic mass is 10.2. The summed E-state index contributed by atoms with van der Waals surface area (Å²) >= 11 is 1.32. The summed E-state index contributed by atoms with van der Waals surface area (Å²) in [5, 5.41) is 11.3. The van der Waals surface area contributed by atoms with Crippen molar-refractivity contribution in [2.24, 2.45) is 0 Å². The lowest BCUT2D eigenvalue weighted by molar-refractivity contribution is 0.0940. The van der Waals surface area contributed by atoms with Gasteiger partial charge < -0.3 is 10.1 Å². The standard InChI is InChI=1S/C17H15FN2O2S/c1-23-15-4-2-3-14(18)16(15)17(21)20-9-10-22-13-7-5-12(11-19)6-8-13/h2-8H,9-10H2,1H3,(H,20,21). The number of rotatable bonds is 6. The van der Waals surface area contributed by atoms with E-state index in [2.05, 4.69) is 5.32 Å². The fraction of sp³-hybridized carbons (Fsp3) is 0.176. The molecule has 0 saturated carbocycles. The van der Waals surface area contributed by atoms with E-state index in [0.717, 1.165) is 0 Å². The summed E-state index contributed by atoms with van der Waals surface area (Å²) in [4.78, 5) is 12.7. The average Bonchev–Trinajstić information content (AvgIpc) is 2.58. The molecule has 0 aliphatic carbocycles. The summed E-state index contributed by atoms with van der Waals surface area (Å²) < 4.78 is 19.3. The highest BCUT2D eigenvalue weighted by atomic mass is 32.2. The van der Waals surface area contributed by atoms with Gasteiger partial charge in [-0.25, -0.2) is 4.39 Å². The SMILES string of the molecule is CSc1cccc(F)c1C(=O)NCCOc1ccc(C#N)cc1. The van der Waals surface area contributed by atoms with Gasteiger partial charge in [0.15, 0.2) is 0 Å². The van der Waals surface area contributed by atoms with E-state index in [1.807, 2.05) is 6.07 Å². The van der Waals surface area contributed by atoms with Gasteiger partial charge in [-0.1, -0.05) is 6.07 Å². The molecule has 0 heterocycles. The molecule has 0 aliphatic rings. The molecule has 1 N–H and O–H groups in total. The second kappa shape index (κ2) is 8.20. The van der Waals surface area contributed by atoms with E-state index in [4.69, 9.17) is 10.00 Å². The Kier molecular flexibility index (Phi) is 6.01. The summed E-state index contributed by atoms with van der Waals surface area (Å²) in [6.07, 6.45) is 1.79. The van der Waals surface area contributed by atoms with Crippen LogP contribution < -0.4 is 10.1 Å². The van der Waals surface area contributed by atoms with Crippen molar-refractivity contribution in [2.45, 2.75) is 4.90 Å². The number of amides is 1. The van der Waals surface area contributed by atoms with Gasteiger partial charge in [-0.05, 0) is 42.7 Å². The van der Waals surface area contributed by atoms with Gasteiger partial charge in [0, 0.05) is 4.90 Å². The largest absolute Gasteiger partial charge is 0.492 e. The highest BCUT2D eigenvalue weighted by Crippen LogP contribution is 2.22. The number of ether oxygens (including phenoxy) is 1. The molecule has 2 rings (SSSR count). The molecule has 1 amide bonds. The van der Waals surface area contributed by atoms with Crippen LogP contribution in [0.15, 0.2) is 47.4 Å². The maximum Gasteiger partial charge on any atom is 0.255 e. The van der Waals surface area contributed by atoms with Gasteiger partial charge in [0.2, 0.25) is 0 Å². The topological polar surface area (TPSA) is 62.1 Å². The number of nitrogens with zero attached hydrogens (tertiary/aromatic N) is 1. The first-order valence-electron chi connectivity index (χ1n) is 6.89. The van der Waals surface area contributed by atoms with Gasteiger partial charge in [0.05, 0.1) is 23.7 Å². The third-order valence-electron chi connectivity index (χ3n) is 3.06. The summed E-state index contributed by atoms with van der Waals surface area (Å²) in [5.74, 6) is -0.396. The van der Waals surface area contributed by atoms with Gasteiger partial charge in [-0.3, -0.25) is 4.79 Å². The van der Waals surface area contributed by atoms with Crippen LogP contribution >= 0.6 is 11.8 Å². The van der Waals surface area contributed by atoms with Crippen LogP contribution in [-0.4, -0.2) is 25.3 Å². The summed E-state index contributed by atoms with van der Waals surface area (Å²) in [6.45, 7) is 0.502. The van der Waals surface area contributed by atoms with Crippen molar-refractivity contribution < 1.29 is 13.9 Å². The van der Waals surface area contributed by atoms with Crippen LogP contribution in [0.25, 0.3) is 0 Å². The number of hydrogen-bond acceptors (Lipinski definition) is 4. The smallest absolute Gasteiger partial charge is 0.255 e. The van der Waals surface area contributed by atoms with Crippen LogP contribution in [-0.2, 0) is 0 Å². The predicted octanol–water partition coefficient (Wildman–Crippen LogP) is 3.23. The fourth-order valence-electron chi connectivity index (χ4n) is 1.94. The van der Waals surface area contributed by atoms with Crippen molar-refractivity contribution in [1.82, 2.24) is 5.32 Å². The number of thioether (sulfide) groups is 1. The van der Waals surface area contributed by atoms with Crippen LogP contribution in [0.5, 0.6) is 5.75 Å². The van der Waals surface area contributed by atoms with Crippen LogP contribution in [0.3, 0.4) is 0 Å². The molecule has 0 fully saturated rings. The van der Waals surface area contributed by atoms with Crippen LogP contribution in [0.2, 0.25) is 0 Å². The predicted molar refractivity (Wildman–Crippen MR) is 87.2 cm³/mol. The zero-order valence-corrected chi connectivity index (χ0v) is 13.3. The molecule has 0 aliphatic heterocycles. The number of nitrogens with one attached hydrogen (secondary N) is 1. The van der Waals surface area contributed by atoms with Crippen LogP contribution in [0, 0.1) is 17.1 Å². The van der Waals surface area contributed by atoms with Crippen LogP contribution in [0.4, 0.5) is 4.39 Å². The second-order valence-corrected chi connectivity index (χ2v) is 5.41. The van der Waals surface area contributed by atoms with Crippen LogP contribution in [0.1, 0.15) is 15.9 Å². The number of halogens is 1. The Balaban J connectivity index is 1.86. The van der Waals surface area contributed by atoms with Crippen molar-refractivity contribution in [1.29, 1.82) is 5.26 Å². The Morgan fingerprint density at radius 2 is 2.04 bits per heavy atom. The monoisotopic (exact) mass is 330 g/mol. The Labute approximate surface area is 138 Å². The molecule has 23 heavy (non-hydrogen) atoms. The normalized spacial score (nSPS) is 9.96. The highest BCUT2D eigenvalue weighted by molar-refractivity contribution is 7.98. The van der Waals surface area contributed by atoms with Gasteiger partial charge in [0.25, 0.3) is 5.91 Å². The molecule has 0 spiro atoms. The van der Waals surface area contributed by atoms with Crippen molar-refractivity contribution in [3.8, 4) is 11.8 Å². The molecular weight excluding hydrogens is 315 g/mol. The zero-order chi connectivity index (χ0) is 16.7. The number of carbonyl (C=O) groups is 1. The van der Waals surface area contributed by atoms with Crippen molar-refractivity contribution in [3.63, 3.8) is 0 Å². The minimum atomic E-state index is -0.539. The van der Waals surface area contributed by atoms with Crippen molar-refractivity contribution in [3.05, 3.63) is 59.4 Å². The molecule has 0 bridgehead atoms. The first kappa shape index (κ1) is 16.8. The van der Waals surface area contributed by atoms with E-state index in [0.29, 0.717) is 16.2 Å². The minimum absolute atomic E-state index is 0.0540. The Morgan fingerprint density at radius 1 is 1.30 bits per heavy atom. The highest BCUT2D eigenvalue weighted by Gasteiger charge is 2.15. The molecule has 0 aromatic heterocycles. The van der Waals surface area contributed by atoms with E-state index in [1.165, 1.54) is 17.8 Å². The fourth-order valence-corrected chi connectivity index (χ4v) is 2.55. The lowest BCUT2D eigenvalue weighted by Gasteiger charge is -2.10. The zero-order valence-electron chi connectivity index (χ0n) is 12.5. The second-order valence-electron chi connectivity index (χ2n) is 4.56. The average molecular weight is 330 g/mol. The maximum absolute atomic E-state index is 13.8. The number of benzene rings is 2. The summed E-state index contributed by atoms with van der Waals surface area (Å²) in [7, 11) is 0. The van der Waals surface area contributed by atoms with Gasteiger partial charge >= 0.3 is 0 Å². The molecule has 0 radical (unpaired) electrons. The lowest BCUT2D eigenvalue weighted by Crippen LogP contribution is -2.29. The van der Waals surface area contributed by atoms with E-state index in [9.17, 15) is 9.18 Å². The molecule has 118 valence electrons. The molecule has 0 atom stereocenters. The maximum atomic E-state index is 13.8. The van der Waals surface area contributed by atoms with Gasteiger partial charge in [-0.15, -0.1) is 11.8 Å². The Morgan fingerprint density at radius 3 is 2.70 bits per heavy atom. The third kappa shape index (κ3) is 4.47. The molecule has 0 saturated heterocycles. The molecule has 6 heteroatoms. The molecular formula is C17H15FN2O2S. The third-order valence-corrected chi connectivity index (χ3v) is 3.84. The summed E-state index contributed by atoms with van der Waals surface area (Å²) in [6, 6.07) is 13.2. The van der Waals surface area contributed by atoms with E-state index < -0.39 is 11.7 Å².